The molecular weight excluding hydrogens is 318 g/mol. The molecule has 0 spiro atoms. The molecule has 5 rings (SSSR count). The second kappa shape index (κ2) is 5.90. The van der Waals surface area contributed by atoms with Gasteiger partial charge in [-0.05, 0) is 44.6 Å². The molecule has 1 saturated carbocycles. The highest BCUT2D eigenvalue weighted by atomic mass is 16.5. The first kappa shape index (κ1) is 16.2. The third kappa shape index (κ3) is 2.81. The number of rotatable bonds is 4. The molecule has 1 aliphatic carbocycles. The van der Waals surface area contributed by atoms with Crippen LogP contribution in [-0.2, 0) is 11.2 Å². The number of ether oxygens (including phenoxy) is 2. The Kier molecular flexibility index (Phi) is 3.82. The van der Waals surface area contributed by atoms with Gasteiger partial charge in [-0.2, -0.15) is 5.26 Å². The quantitative estimate of drug-likeness (QED) is 0.906. The SMILES string of the molecule is COc1ccc2nnc(C#N)c(CCC34CCC(N)(CC3)CO4)c2n1. The Bertz CT molecular complexity index is 836. The fraction of sp³-hybridized carbons (Fsp3) is 0.556. The van der Waals surface area contributed by atoms with Gasteiger partial charge in [0.05, 0.1) is 19.3 Å². The number of aryl methyl sites for hydroxylation is 1. The minimum absolute atomic E-state index is 0.137. The van der Waals surface area contributed by atoms with Crippen molar-refractivity contribution in [2.75, 3.05) is 13.7 Å². The van der Waals surface area contributed by atoms with E-state index in [1.807, 2.05) is 6.07 Å². The Morgan fingerprint density at radius 1 is 1.28 bits per heavy atom. The van der Waals surface area contributed by atoms with Crippen LogP contribution in [0.25, 0.3) is 11.0 Å². The molecule has 2 aromatic rings. The van der Waals surface area contributed by atoms with E-state index in [0.29, 0.717) is 35.6 Å². The van der Waals surface area contributed by atoms with Crippen molar-refractivity contribution in [3.05, 3.63) is 23.4 Å². The molecule has 2 saturated heterocycles. The number of pyridine rings is 1. The lowest BCUT2D eigenvalue weighted by Crippen LogP contribution is -2.59. The van der Waals surface area contributed by atoms with Gasteiger partial charge in [0.1, 0.15) is 17.1 Å². The zero-order chi connectivity index (χ0) is 17.5. The molecule has 2 N–H and O–H groups in total. The molecule has 3 aliphatic rings. The van der Waals surface area contributed by atoms with Gasteiger partial charge in [0.25, 0.3) is 0 Å². The van der Waals surface area contributed by atoms with Crippen LogP contribution in [0.3, 0.4) is 0 Å². The third-order valence-corrected chi connectivity index (χ3v) is 5.65. The van der Waals surface area contributed by atoms with Gasteiger partial charge in [0.2, 0.25) is 5.88 Å². The van der Waals surface area contributed by atoms with E-state index in [0.717, 1.165) is 37.7 Å². The molecule has 7 nitrogen and oxygen atoms in total. The van der Waals surface area contributed by atoms with Gasteiger partial charge in [0.15, 0.2) is 5.69 Å². The average molecular weight is 339 g/mol. The third-order valence-electron chi connectivity index (χ3n) is 5.65. The summed E-state index contributed by atoms with van der Waals surface area (Å²) in [4.78, 5) is 4.50. The number of hydrogen-bond acceptors (Lipinski definition) is 7. The monoisotopic (exact) mass is 339 g/mol. The first-order chi connectivity index (χ1) is 12.1. The van der Waals surface area contributed by atoms with Crippen LogP contribution in [0.15, 0.2) is 12.1 Å². The Morgan fingerprint density at radius 3 is 2.72 bits per heavy atom. The second-order valence-electron chi connectivity index (χ2n) is 7.19. The molecule has 2 bridgehead atoms. The van der Waals surface area contributed by atoms with Gasteiger partial charge in [-0.25, -0.2) is 4.98 Å². The molecule has 25 heavy (non-hydrogen) atoms. The van der Waals surface area contributed by atoms with E-state index in [4.69, 9.17) is 15.2 Å². The summed E-state index contributed by atoms with van der Waals surface area (Å²) in [6, 6.07) is 5.71. The van der Waals surface area contributed by atoms with Gasteiger partial charge in [-0.15, -0.1) is 10.2 Å². The fourth-order valence-electron chi connectivity index (χ4n) is 3.92. The number of nitrogens with two attached hydrogens (primary N) is 1. The molecule has 3 fully saturated rings. The van der Waals surface area contributed by atoms with E-state index in [2.05, 4.69) is 21.3 Å². The summed E-state index contributed by atoms with van der Waals surface area (Å²) in [6.45, 7) is 0.625. The maximum atomic E-state index is 9.45. The molecule has 0 unspecified atom stereocenters. The average Bonchev–Trinajstić information content (AvgIpc) is 2.66. The summed E-state index contributed by atoms with van der Waals surface area (Å²) < 4.78 is 11.4. The van der Waals surface area contributed by atoms with Crippen LogP contribution in [-0.4, -0.2) is 40.0 Å². The van der Waals surface area contributed by atoms with E-state index >= 15 is 0 Å². The zero-order valence-corrected chi connectivity index (χ0v) is 14.3. The molecule has 0 amide bonds. The predicted octanol–water partition coefficient (Wildman–Crippen LogP) is 1.88. The number of nitriles is 1. The van der Waals surface area contributed by atoms with Crippen LogP contribution < -0.4 is 10.5 Å². The number of methoxy groups -OCH3 is 1. The van der Waals surface area contributed by atoms with E-state index in [1.165, 1.54) is 0 Å². The van der Waals surface area contributed by atoms with Crippen molar-refractivity contribution < 1.29 is 9.47 Å². The maximum Gasteiger partial charge on any atom is 0.213 e. The Balaban J connectivity index is 1.65. The fourth-order valence-corrected chi connectivity index (χ4v) is 3.92. The van der Waals surface area contributed by atoms with Crippen LogP contribution in [0.2, 0.25) is 0 Å². The minimum atomic E-state index is -0.139. The van der Waals surface area contributed by atoms with E-state index in [-0.39, 0.29) is 11.1 Å². The summed E-state index contributed by atoms with van der Waals surface area (Å²) in [6.07, 6.45) is 5.44. The van der Waals surface area contributed by atoms with Crippen molar-refractivity contribution >= 4 is 11.0 Å². The molecule has 0 aromatic carbocycles. The van der Waals surface area contributed by atoms with Gasteiger partial charge < -0.3 is 15.2 Å². The Morgan fingerprint density at radius 2 is 2.08 bits per heavy atom. The molecule has 0 radical (unpaired) electrons. The van der Waals surface area contributed by atoms with Crippen LogP contribution in [0.1, 0.15) is 43.4 Å². The van der Waals surface area contributed by atoms with E-state index in [9.17, 15) is 5.26 Å². The maximum absolute atomic E-state index is 9.45. The lowest BCUT2D eigenvalue weighted by molar-refractivity contribution is -0.156. The van der Waals surface area contributed by atoms with Crippen molar-refractivity contribution in [3.63, 3.8) is 0 Å². The summed E-state index contributed by atoms with van der Waals surface area (Å²) in [5, 5.41) is 17.6. The Hall–Kier alpha value is -2.30. The van der Waals surface area contributed by atoms with Crippen LogP contribution in [0.5, 0.6) is 5.88 Å². The van der Waals surface area contributed by atoms with Gasteiger partial charge >= 0.3 is 0 Å². The van der Waals surface area contributed by atoms with Crippen LogP contribution >= 0.6 is 0 Å². The van der Waals surface area contributed by atoms with Gasteiger partial charge in [0, 0.05) is 17.2 Å². The zero-order valence-electron chi connectivity index (χ0n) is 14.3. The molecule has 7 heteroatoms. The summed E-state index contributed by atoms with van der Waals surface area (Å²) in [7, 11) is 1.57. The van der Waals surface area contributed by atoms with Crippen LogP contribution in [0.4, 0.5) is 0 Å². The normalized spacial score (nSPS) is 28.0. The number of hydrogen-bond donors (Lipinski definition) is 1. The molecule has 130 valence electrons. The van der Waals surface area contributed by atoms with Crippen molar-refractivity contribution in [1.29, 1.82) is 5.26 Å². The van der Waals surface area contributed by atoms with Gasteiger partial charge in [-0.3, -0.25) is 0 Å². The lowest BCUT2D eigenvalue weighted by Gasteiger charge is -2.51. The highest BCUT2D eigenvalue weighted by molar-refractivity contribution is 5.79. The largest absolute Gasteiger partial charge is 0.481 e. The second-order valence-corrected chi connectivity index (χ2v) is 7.19. The molecule has 4 heterocycles. The van der Waals surface area contributed by atoms with Crippen molar-refractivity contribution in [2.24, 2.45) is 5.73 Å². The van der Waals surface area contributed by atoms with Gasteiger partial charge in [-0.1, -0.05) is 0 Å². The molecular formula is C18H21N5O2. The number of fused-ring (bicyclic) bond motifs is 4. The van der Waals surface area contributed by atoms with Crippen LogP contribution in [0, 0.1) is 11.3 Å². The summed E-state index contributed by atoms with van der Waals surface area (Å²) >= 11 is 0. The highest BCUT2D eigenvalue weighted by Crippen LogP contribution is 2.44. The summed E-state index contributed by atoms with van der Waals surface area (Å²) in [5.74, 6) is 0.503. The number of nitrogens with zero attached hydrogens (tertiary/aromatic N) is 4. The molecule has 0 atom stereocenters. The lowest BCUT2D eigenvalue weighted by atomic mass is 9.70. The Labute approximate surface area is 146 Å². The van der Waals surface area contributed by atoms with Crippen molar-refractivity contribution in [3.8, 4) is 11.9 Å². The summed E-state index contributed by atoms with van der Waals surface area (Å²) in [5.41, 5.74) is 8.52. The van der Waals surface area contributed by atoms with E-state index < -0.39 is 0 Å². The number of aromatic nitrogens is 3. The first-order valence-electron chi connectivity index (χ1n) is 8.60. The smallest absolute Gasteiger partial charge is 0.213 e. The topological polar surface area (TPSA) is 107 Å². The van der Waals surface area contributed by atoms with Crippen molar-refractivity contribution in [1.82, 2.24) is 15.2 Å². The molecule has 2 aliphatic heterocycles. The minimum Gasteiger partial charge on any atom is -0.481 e. The van der Waals surface area contributed by atoms with Crippen molar-refractivity contribution in [2.45, 2.75) is 49.7 Å². The highest BCUT2D eigenvalue weighted by Gasteiger charge is 2.47. The first-order valence-corrected chi connectivity index (χ1v) is 8.60. The molecule has 2 aromatic heterocycles. The standard InChI is InChI=1S/C18H21N5O2/c1-24-15-3-2-13-16(21-15)12(14(10-19)23-22-13)4-5-18-8-6-17(20,7-9-18)11-25-18/h2-3H,4-9,11,20H2,1H3. The predicted molar refractivity (Wildman–Crippen MR) is 91.0 cm³/mol. The van der Waals surface area contributed by atoms with E-state index in [1.54, 1.807) is 13.2 Å².